The second kappa shape index (κ2) is 13.4. The Morgan fingerprint density at radius 2 is 1.71 bits per heavy atom. The number of nitrogens with zero attached hydrogens (tertiary/aromatic N) is 1. The van der Waals surface area contributed by atoms with Crippen molar-refractivity contribution in [3.8, 4) is 5.75 Å². The lowest BCUT2D eigenvalue weighted by Gasteiger charge is -2.33. The maximum Gasteiger partial charge on any atom is 0.254 e. The molecule has 0 spiro atoms. The average Bonchev–Trinajstić information content (AvgIpc) is 3.30. The van der Waals surface area contributed by atoms with Crippen molar-refractivity contribution in [3.63, 3.8) is 0 Å². The predicted octanol–water partition coefficient (Wildman–Crippen LogP) is 4.01. The van der Waals surface area contributed by atoms with Crippen LogP contribution in [-0.2, 0) is 22.6 Å². The first-order chi connectivity index (χ1) is 20.0. The minimum atomic E-state index is -1.58. The molecule has 0 radical (unpaired) electrons. The van der Waals surface area contributed by atoms with Crippen LogP contribution in [0.1, 0.15) is 46.5 Å². The minimum absolute atomic E-state index is 0.225. The number of rotatable bonds is 10. The van der Waals surface area contributed by atoms with Crippen LogP contribution < -0.4 is 15.4 Å². The Balaban J connectivity index is 1.55. The van der Waals surface area contributed by atoms with E-state index in [1.54, 1.807) is 32.2 Å². The summed E-state index contributed by atoms with van der Waals surface area (Å²) in [6.45, 7) is 7.96. The van der Waals surface area contributed by atoms with Crippen molar-refractivity contribution in [2.45, 2.75) is 63.6 Å². The summed E-state index contributed by atoms with van der Waals surface area (Å²) in [5.74, 6) is -0.426. The number of aryl methyl sites for hydroxylation is 2. The molecule has 0 saturated carbocycles. The van der Waals surface area contributed by atoms with Crippen molar-refractivity contribution in [1.82, 2.24) is 15.5 Å². The van der Waals surface area contributed by atoms with Gasteiger partial charge in [-0.3, -0.25) is 14.4 Å². The molecule has 3 atom stereocenters. The third-order valence-corrected chi connectivity index (χ3v) is 9.09. The number of thioether (sulfide) groups is 1. The number of nitrogens with one attached hydrogen (secondary N) is 2. The normalized spacial score (nSPS) is 17.3. The second-order valence-corrected chi connectivity index (χ2v) is 12.7. The first-order valence-corrected chi connectivity index (χ1v) is 14.9. The van der Waals surface area contributed by atoms with Crippen LogP contribution in [0, 0.1) is 13.8 Å². The summed E-state index contributed by atoms with van der Waals surface area (Å²) in [4.78, 5) is 42.2. The Labute approximate surface area is 251 Å². The highest BCUT2D eigenvalue weighted by molar-refractivity contribution is 8.00. The molecule has 3 N–H and O–H groups in total. The number of methoxy groups -OCH3 is 1. The van der Waals surface area contributed by atoms with E-state index in [0.29, 0.717) is 23.4 Å². The topological polar surface area (TPSA) is 108 Å². The van der Waals surface area contributed by atoms with E-state index in [0.717, 1.165) is 16.7 Å². The van der Waals surface area contributed by atoms with E-state index in [4.69, 9.17) is 4.74 Å². The number of aliphatic hydroxyl groups excluding tert-OH is 1. The van der Waals surface area contributed by atoms with Gasteiger partial charge in [-0.1, -0.05) is 54.6 Å². The fourth-order valence-corrected chi connectivity index (χ4v) is 6.36. The van der Waals surface area contributed by atoms with E-state index < -0.39 is 34.7 Å². The van der Waals surface area contributed by atoms with Gasteiger partial charge in [0.2, 0.25) is 5.91 Å². The van der Waals surface area contributed by atoms with E-state index in [9.17, 15) is 19.5 Å². The van der Waals surface area contributed by atoms with Crippen LogP contribution >= 0.6 is 11.8 Å². The van der Waals surface area contributed by atoms with Gasteiger partial charge in [-0.05, 0) is 74.6 Å². The summed E-state index contributed by atoms with van der Waals surface area (Å²) in [6.07, 6.45) is -1.35. The van der Waals surface area contributed by atoms with Gasteiger partial charge >= 0.3 is 0 Å². The SMILES string of the molecule is COc1ccc(C(=O)N[C@@H](Cc2ccccc2)[C@H](O)C(=O)N2CSC(C)(C)[C@H]2C(=O)NCc2ccccc2C)c(C)c1. The fourth-order valence-electron chi connectivity index (χ4n) is 5.22. The van der Waals surface area contributed by atoms with Crippen LogP contribution in [0.5, 0.6) is 5.75 Å². The van der Waals surface area contributed by atoms with Gasteiger partial charge in [0.25, 0.3) is 11.8 Å². The lowest BCUT2D eigenvalue weighted by atomic mass is 9.96. The largest absolute Gasteiger partial charge is 0.497 e. The Bertz CT molecular complexity index is 1430. The molecule has 1 saturated heterocycles. The molecule has 222 valence electrons. The van der Waals surface area contributed by atoms with Crippen LogP contribution in [0.3, 0.4) is 0 Å². The highest BCUT2D eigenvalue weighted by Gasteiger charge is 2.49. The van der Waals surface area contributed by atoms with Crippen LogP contribution in [0.4, 0.5) is 0 Å². The Morgan fingerprint density at radius 1 is 1.02 bits per heavy atom. The molecule has 3 aromatic rings. The van der Waals surface area contributed by atoms with E-state index in [1.165, 1.54) is 16.7 Å². The van der Waals surface area contributed by atoms with E-state index in [1.807, 2.05) is 75.4 Å². The quantitative estimate of drug-likeness (QED) is 0.330. The molecule has 3 amide bonds. The van der Waals surface area contributed by atoms with E-state index in [-0.39, 0.29) is 18.2 Å². The van der Waals surface area contributed by atoms with Crippen molar-refractivity contribution in [3.05, 3.63) is 101 Å². The number of aliphatic hydroxyl groups is 1. The van der Waals surface area contributed by atoms with E-state index in [2.05, 4.69) is 10.6 Å². The standard InChI is InChI=1S/C33H39N3O5S/c1-21-11-9-10-14-24(21)19-34-31(39)29-33(3,4)42-20-36(29)32(40)28(37)27(18-23-12-7-6-8-13-23)35-30(38)26-16-15-25(41-5)17-22(26)2/h6-17,27-29,37H,18-20H2,1-5H3,(H,34,39)(H,35,38)/t27-,28-,29+/m0/s1. The van der Waals surface area contributed by atoms with Gasteiger partial charge in [-0.15, -0.1) is 11.8 Å². The zero-order valence-corrected chi connectivity index (χ0v) is 25.5. The van der Waals surface area contributed by atoms with Gasteiger partial charge < -0.3 is 25.4 Å². The molecule has 4 rings (SSSR count). The van der Waals surface area contributed by atoms with Crippen molar-refractivity contribution < 1.29 is 24.2 Å². The zero-order chi connectivity index (χ0) is 30.4. The Hall–Kier alpha value is -3.82. The highest BCUT2D eigenvalue weighted by atomic mass is 32.2. The molecule has 1 aliphatic heterocycles. The molecule has 0 aromatic heterocycles. The van der Waals surface area contributed by atoms with Crippen molar-refractivity contribution in [2.75, 3.05) is 13.0 Å². The van der Waals surface area contributed by atoms with Crippen LogP contribution in [0.25, 0.3) is 0 Å². The number of carbonyl (C=O) groups is 3. The number of ether oxygens (including phenoxy) is 1. The highest BCUT2D eigenvalue weighted by Crippen LogP contribution is 2.40. The first kappa shape index (κ1) is 31.1. The smallest absolute Gasteiger partial charge is 0.254 e. The maximum absolute atomic E-state index is 13.9. The zero-order valence-electron chi connectivity index (χ0n) is 24.7. The summed E-state index contributed by atoms with van der Waals surface area (Å²) in [5, 5.41) is 17.4. The molecule has 9 heteroatoms. The number of benzene rings is 3. The molecule has 42 heavy (non-hydrogen) atoms. The summed E-state index contributed by atoms with van der Waals surface area (Å²) in [5.41, 5.74) is 4.03. The van der Waals surface area contributed by atoms with Crippen molar-refractivity contribution in [2.24, 2.45) is 0 Å². The third kappa shape index (κ3) is 7.14. The molecule has 3 aromatic carbocycles. The molecule has 0 bridgehead atoms. The molecular weight excluding hydrogens is 550 g/mol. The number of hydrogen-bond donors (Lipinski definition) is 3. The monoisotopic (exact) mass is 589 g/mol. The lowest BCUT2D eigenvalue weighted by Crippen LogP contribution is -2.58. The average molecular weight is 590 g/mol. The van der Waals surface area contributed by atoms with Crippen LogP contribution in [0.15, 0.2) is 72.8 Å². The van der Waals surface area contributed by atoms with Crippen molar-refractivity contribution >= 4 is 29.5 Å². The van der Waals surface area contributed by atoms with Gasteiger partial charge in [0.15, 0.2) is 6.10 Å². The van der Waals surface area contributed by atoms with Crippen LogP contribution in [-0.4, -0.2) is 63.6 Å². The van der Waals surface area contributed by atoms with Gasteiger partial charge in [-0.2, -0.15) is 0 Å². The summed E-state index contributed by atoms with van der Waals surface area (Å²) in [6, 6.07) is 20.6. The lowest BCUT2D eigenvalue weighted by molar-refractivity contribution is -0.147. The van der Waals surface area contributed by atoms with Gasteiger partial charge in [-0.25, -0.2) is 0 Å². The fraction of sp³-hybridized carbons (Fsp3) is 0.364. The number of amides is 3. The molecule has 1 aliphatic rings. The molecule has 1 fully saturated rings. The minimum Gasteiger partial charge on any atom is -0.497 e. The van der Waals surface area contributed by atoms with Crippen LogP contribution in [0.2, 0.25) is 0 Å². The molecule has 0 unspecified atom stereocenters. The van der Waals surface area contributed by atoms with Crippen molar-refractivity contribution in [1.29, 1.82) is 0 Å². The third-order valence-electron chi connectivity index (χ3n) is 7.72. The maximum atomic E-state index is 13.9. The summed E-state index contributed by atoms with van der Waals surface area (Å²) < 4.78 is 4.67. The molecular formula is C33H39N3O5S. The molecule has 0 aliphatic carbocycles. The van der Waals surface area contributed by atoms with Gasteiger partial charge in [0, 0.05) is 16.9 Å². The van der Waals surface area contributed by atoms with Gasteiger partial charge in [0.05, 0.1) is 19.0 Å². The number of carbonyl (C=O) groups excluding carboxylic acids is 3. The Kier molecular flexibility index (Phi) is 9.96. The second-order valence-electron chi connectivity index (χ2n) is 11.1. The molecule has 1 heterocycles. The Morgan fingerprint density at radius 3 is 2.38 bits per heavy atom. The summed E-state index contributed by atoms with van der Waals surface area (Å²) in [7, 11) is 1.56. The first-order valence-electron chi connectivity index (χ1n) is 14.0. The van der Waals surface area contributed by atoms with Gasteiger partial charge in [0.1, 0.15) is 11.8 Å². The molecule has 8 nitrogen and oxygen atoms in total. The number of hydrogen-bond acceptors (Lipinski definition) is 6. The predicted molar refractivity (Wildman–Crippen MR) is 165 cm³/mol. The van der Waals surface area contributed by atoms with E-state index >= 15 is 0 Å². The summed E-state index contributed by atoms with van der Waals surface area (Å²) >= 11 is 1.48.